The van der Waals surface area contributed by atoms with Gasteiger partial charge in [0, 0.05) is 36.7 Å². The molecule has 3 rings (SSSR count). The third-order valence-electron chi connectivity index (χ3n) is 4.22. The number of hydrogen-bond donors (Lipinski definition) is 0. The van der Waals surface area contributed by atoms with E-state index in [9.17, 15) is 4.79 Å². The van der Waals surface area contributed by atoms with Gasteiger partial charge in [-0.3, -0.25) is 9.69 Å². The number of carbonyl (C=O) groups excluding carboxylic acids is 1. The molecule has 1 saturated heterocycles. The predicted octanol–water partition coefficient (Wildman–Crippen LogP) is 2.93. The zero-order valence-corrected chi connectivity index (χ0v) is 13.1. The second-order valence-electron chi connectivity index (χ2n) is 5.43. The van der Waals surface area contributed by atoms with E-state index in [2.05, 4.69) is 33.0 Å². The van der Waals surface area contributed by atoms with Crippen LogP contribution in [0.5, 0.6) is 0 Å². The van der Waals surface area contributed by atoms with Crippen LogP contribution in [-0.2, 0) is 0 Å². The van der Waals surface area contributed by atoms with Crippen LogP contribution in [0.25, 0.3) is 0 Å². The molecular formula is C16H19BrN2O. The maximum absolute atomic E-state index is 12.5. The SMILES string of the molecule is O=C(c1ccccc1Br)N1CCC(N2CC=CC2)CC1. The van der Waals surface area contributed by atoms with E-state index in [1.165, 1.54) is 0 Å². The van der Waals surface area contributed by atoms with Crippen molar-refractivity contribution in [1.82, 2.24) is 9.80 Å². The first-order chi connectivity index (χ1) is 9.75. The average Bonchev–Trinajstić information content (AvgIpc) is 3.01. The van der Waals surface area contributed by atoms with Crippen molar-refractivity contribution < 1.29 is 4.79 Å². The number of halogens is 1. The first-order valence-corrected chi connectivity index (χ1v) is 7.98. The molecule has 20 heavy (non-hydrogen) atoms. The summed E-state index contributed by atoms with van der Waals surface area (Å²) in [4.78, 5) is 17.0. The number of amides is 1. The Bertz CT molecular complexity index is 513. The largest absolute Gasteiger partial charge is 0.338 e. The zero-order valence-electron chi connectivity index (χ0n) is 11.5. The number of benzene rings is 1. The quantitative estimate of drug-likeness (QED) is 0.776. The highest BCUT2D eigenvalue weighted by atomic mass is 79.9. The fourth-order valence-electron chi connectivity index (χ4n) is 3.03. The van der Waals surface area contributed by atoms with Gasteiger partial charge in [0.25, 0.3) is 5.91 Å². The van der Waals surface area contributed by atoms with Crippen LogP contribution in [0.3, 0.4) is 0 Å². The van der Waals surface area contributed by atoms with Gasteiger partial charge in [-0.25, -0.2) is 0 Å². The van der Waals surface area contributed by atoms with Crippen molar-refractivity contribution in [2.75, 3.05) is 26.2 Å². The van der Waals surface area contributed by atoms with Gasteiger partial charge in [-0.15, -0.1) is 0 Å². The summed E-state index contributed by atoms with van der Waals surface area (Å²) in [7, 11) is 0. The average molecular weight is 335 g/mol. The predicted molar refractivity (Wildman–Crippen MR) is 83.8 cm³/mol. The van der Waals surface area contributed by atoms with Crippen LogP contribution < -0.4 is 0 Å². The number of carbonyl (C=O) groups is 1. The maximum Gasteiger partial charge on any atom is 0.254 e. The van der Waals surface area contributed by atoms with Crippen molar-refractivity contribution in [1.29, 1.82) is 0 Å². The van der Waals surface area contributed by atoms with Crippen molar-refractivity contribution in [3.8, 4) is 0 Å². The number of hydrogen-bond acceptors (Lipinski definition) is 2. The molecule has 3 nitrogen and oxygen atoms in total. The van der Waals surface area contributed by atoms with Crippen molar-refractivity contribution >= 4 is 21.8 Å². The Morgan fingerprint density at radius 3 is 2.40 bits per heavy atom. The summed E-state index contributed by atoms with van der Waals surface area (Å²) >= 11 is 3.47. The third kappa shape index (κ3) is 2.81. The first-order valence-electron chi connectivity index (χ1n) is 7.18. The molecule has 0 unspecified atom stereocenters. The van der Waals surface area contributed by atoms with Gasteiger partial charge in [-0.1, -0.05) is 24.3 Å². The number of piperidine rings is 1. The zero-order chi connectivity index (χ0) is 13.9. The van der Waals surface area contributed by atoms with E-state index >= 15 is 0 Å². The monoisotopic (exact) mass is 334 g/mol. The number of likely N-dealkylation sites (tertiary alicyclic amines) is 1. The molecule has 0 bridgehead atoms. The maximum atomic E-state index is 12.5. The van der Waals surface area contributed by atoms with Gasteiger partial charge in [0.15, 0.2) is 0 Å². The Morgan fingerprint density at radius 2 is 1.75 bits per heavy atom. The summed E-state index contributed by atoms with van der Waals surface area (Å²) in [6, 6.07) is 8.31. The van der Waals surface area contributed by atoms with Crippen LogP contribution in [0.15, 0.2) is 40.9 Å². The van der Waals surface area contributed by atoms with E-state index in [0.29, 0.717) is 6.04 Å². The summed E-state index contributed by atoms with van der Waals surface area (Å²) in [6.07, 6.45) is 6.63. The molecule has 106 valence electrons. The summed E-state index contributed by atoms with van der Waals surface area (Å²) in [5.41, 5.74) is 0.772. The van der Waals surface area contributed by atoms with Crippen molar-refractivity contribution in [2.45, 2.75) is 18.9 Å². The highest BCUT2D eigenvalue weighted by molar-refractivity contribution is 9.10. The molecule has 0 aliphatic carbocycles. The van der Waals surface area contributed by atoms with Gasteiger partial charge in [0.05, 0.1) is 5.56 Å². The Balaban J connectivity index is 1.60. The Hall–Kier alpha value is -1.13. The molecule has 2 aliphatic heterocycles. The van der Waals surface area contributed by atoms with Crippen LogP contribution in [0.4, 0.5) is 0 Å². The molecule has 0 saturated carbocycles. The highest BCUT2D eigenvalue weighted by Crippen LogP contribution is 2.23. The van der Waals surface area contributed by atoms with Crippen LogP contribution in [0, 0.1) is 0 Å². The van der Waals surface area contributed by atoms with Crippen LogP contribution in [-0.4, -0.2) is 47.9 Å². The summed E-state index contributed by atoms with van der Waals surface area (Å²) in [5, 5.41) is 0. The molecule has 1 amide bonds. The standard InChI is InChI=1S/C16H19BrN2O/c17-15-6-2-1-5-14(15)16(20)19-11-7-13(8-12-19)18-9-3-4-10-18/h1-6,13H,7-12H2. The molecule has 0 spiro atoms. The van der Waals surface area contributed by atoms with Gasteiger partial charge in [0.1, 0.15) is 0 Å². The lowest BCUT2D eigenvalue weighted by molar-refractivity contribution is 0.0648. The minimum absolute atomic E-state index is 0.149. The van der Waals surface area contributed by atoms with Crippen LogP contribution in [0.2, 0.25) is 0 Å². The fraction of sp³-hybridized carbons (Fsp3) is 0.438. The lowest BCUT2D eigenvalue weighted by atomic mass is 10.0. The third-order valence-corrected chi connectivity index (χ3v) is 4.91. The molecule has 2 aliphatic rings. The Labute approximate surface area is 128 Å². The number of nitrogens with zero attached hydrogens (tertiary/aromatic N) is 2. The van der Waals surface area contributed by atoms with E-state index in [1.807, 2.05) is 29.2 Å². The first kappa shape index (κ1) is 13.8. The van der Waals surface area contributed by atoms with Crippen LogP contribution in [0.1, 0.15) is 23.2 Å². The van der Waals surface area contributed by atoms with Crippen molar-refractivity contribution in [3.63, 3.8) is 0 Å². The van der Waals surface area contributed by atoms with E-state index in [0.717, 1.165) is 49.1 Å². The molecule has 1 fully saturated rings. The van der Waals surface area contributed by atoms with Gasteiger partial charge < -0.3 is 4.90 Å². The lowest BCUT2D eigenvalue weighted by Crippen LogP contribution is -2.46. The molecule has 1 aromatic carbocycles. The number of rotatable bonds is 2. The van der Waals surface area contributed by atoms with E-state index in [1.54, 1.807) is 0 Å². The van der Waals surface area contributed by atoms with Gasteiger partial charge in [0.2, 0.25) is 0 Å². The lowest BCUT2D eigenvalue weighted by Gasteiger charge is -2.36. The summed E-state index contributed by atoms with van der Waals surface area (Å²) in [5.74, 6) is 0.149. The smallest absolute Gasteiger partial charge is 0.254 e. The van der Waals surface area contributed by atoms with Crippen molar-refractivity contribution in [2.24, 2.45) is 0 Å². The normalized spacial score (nSPS) is 20.6. The molecule has 0 atom stereocenters. The van der Waals surface area contributed by atoms with Gasteiger partial charge in [-0.2, -0.15) is 0 Å². The van der Waals surface area contributed by atoms with E-state index in [-0.39, 0.29) is 5.91 Å². The summed E-state index contributed by atoms with van der Waals surface area (Å²) in [6.45, 7) is 3.87. The molecule has 4 heteroatoms. The molecule has 0 N–H and O–H groups in total. The van der Waals surface area contributed by atoms with Gasteiger partial charge in [-0.05, 0) is 40.9 Å². The molecule has 0 aromatic heterocycles. The van der Waals surface area contributed by atoms with E-state index in [4.69, 9.17) is 0 Å². The van der Waals surface area contributed by atoms with Gasteiger partial charge >= 0.3 is 0 Å². The molecule has 1 aromatic rings. The van der Waals surface area contributed by atoms with Crippen LogP contribution >= 0.6 is 15.9 Å². The second-order valence-corrected chi connectivity index (χ2v) is 6.28. The minimum Gasteiger partial charge on any atom is -0.338 e. The second kappa shape index (κ2) is 6.10. The Morgan fingerprint density at radius 1 is 1.10 bits per heavy atom. The molecular weight excluding hydrogens is 316 g/mol. The topological polar surface area (TPSA) is 23.6 Å². The minimum atomic E-state index is 0.149. The molecule has 2 heterocycles. The van der Waals surface area contributed by atoms with E-state index < -0.39 is 0 Å². The van der Waals surface area contributed by atoms with Crippen molar-refractivity contribution in [3.05, 3.63) is 46.5 Å². The fourth-order valence-corrected chi connectivity index (χ4v) is 3.49. The summed E-state index contributed by atoms with van der Waals surface area (Å²) < 4.78 is 0.885. The highest BCUT2D eigenvalue weighted by Gasteiger charge is 2.27. The molecule has 0 radical (unpaired) electrons. The Kier molecular flexibility index (Phi) is 4.22.